The first-order valence-corrected chi connectivity index (χ1v) is 9.58. The molecule has 0 radical (unpaired) electrons. The quantitative estimate of drug-likeness (QED) is 0.617. The van der Waals surface area contributed by atoms with Crippen LogP contribution in [-0.4, -0.2) is 48.3 Å². The van der Waals surface area contributed by atoms with E-state index in [-0.39, 0.29) is 16.9 Å². The van der Waals surface area contributed by atoms with E-state index in [0.717, 1.165) is 39.5 Å². The number of carbonyl (C=O) groups is 2. The SMILES string of the molecule is COC(=O)c1cc(OC)c(OC(F)F)cc1NS(=O)(=O)c1ccccc1C(=O)OC. The van der Waals surface area contributed by atoms with Crippen molar-refractivity contribution in [1.29, 1.82) is 0 Å². The lowest BCUT2D eigenvalue weighted by atomic mass is 10.1. The van der Waals surface area contributed by atoms with Crippen molar-refractivity contribution in [1.82, 2.24) is 0 Å². The van der Waals surface area contributed by atoms with Crippen molar-refractivity contribution in [2.75, 3.05) is 26.1 Å². The van der Waals surface area contributed by atoms with E-state index in [2.05, 4.69) is 18.9 Å². The van der Waals surface area contributed by atoms with Gasteiger partial charge in [-0.3, -0.25) is 4.72 Å². The van der Waals surface area contributed by atoms with Crippen LogP contribution in [-0.2, 0) is 19.5 Å². The number of halogens is 2. The number of methoxy groups -OCH3 is 3. The molecule has 0 unspecified atom stereocenters. The van der Waals surface area contributed by atoms with Gasteiger partial charge in [0.05, 0.1) is 38.1 Å². The highest BCUT2D eigenvalue weighted by Crippen LogP contribution is 2.36. The summed E-state index contributed by atoms with van der Waals surface area (Å²) in [5.41, 5.74) is -1.04. The van der Waals surface area contributed by atoms with E-state index < -0.39 is 44.9 Å². The van der Waals surface area contributed by atoms with Gasteiger partial charge in [0.1, 0.15) is 4.90 Å². The van der Waals surface area contributed by atoms with E-state index in [4.69, 9.17) is 4.74 Å². The second kappa shape index (κ2) is 9.39. The van der Waals surface area contributed by atoms with Gasteiger partial charge in [-0.2, -0.15) is 8.78 Å². The van der Waals surface area contributed by atoms with Crippen molar-refractivity contribution in [2.45, 2.75) is 11.5 Å². The number of esters is 2. The monoisotopic (exact) mass is 445 g/mol. The molecule has 0 aliphatic carbocycles. The molecule has 0 saturated heterocycles. The number of benzene rings is 2. The second-order valence-corrected chi connectivity index (χ2v) is 7.16. The van der Waals surface area contributed by atoms with E-state index in [9.17, 15) is 26.8 Å². The maximum absolute atomic E-state index is 12.9. The molecule has 30 heavy (non-hydrogen) atoms. The minimum Gasteiger partial charge on any atom is -0.493 e. The van der Waals surface area contributed by atoms with Gasteiger partial charge in [-0.25, -0.2) is 18.0 Å². The Hall–Kier alpha value is -3.41. The fourth-order valence-corrected chi connectivity index (χ4v) is 3.72. The number of hydrogen-bond acceptors (Lipinski definition) is 8. The van der Waals surface area contributed by atoms with Gasteiger partial charge >= 0.3 is 18.6 Å². The molecule has 0 heterocycles. The molecular formula is C18H17F2NO8S. The minimum absolute atomic E-state index is 0.256. The third kappa shape index (κ3) is 4.95. The van der Waals surface area contributed by atoms with Crippen LogP contribution in [0.2, 0.25) is 0 Å². The molecule has 0 amide bonds. The van der Waals surface area contributed by atoms with Crippen molar-refractivity contribution >= 4 is 27.6 Å². The number of anilines is 1. The van der Waals surface area contributed by atoms with Crippen LogP contribution in [0, 0.1) is 0 Å². The number of sulfonamides is 1. The zero-order chi connectivity index (χ0) is 22.5. The van der Waals surface area contributed by atoms with Crippen LogP contribution in [0.15, 0.2) is 41.3 Å². The molecule has 162 valence electrons. The average Bonchev–Trinajstić information content (AvgIpc) is 2.72. The summed E-state index contributed by atoms with van der Waals surface area (Å²) >= 11 is 0. The molecular weight excluding hydrogens is 428 g/mol. The Morgan fingerprint density at radius 1 is 0.933 bits per heavy atom. The van der Waals surface area contributed by atoms with Gasteiger partial charge in [0.15, 0.2) is 11.5 Å². The first-order valence-electron chi connectivity index (χ1n) is 8.10. The third-order valence-corrected chi connectivity index (χ3v) is 5.18. The lowest BCUT2D eigenvalue weighted by Crippen LogP contribution is -2.19. The highest BCUT2D eigenvalue weighted by atomic mass is 32.2. The van der Waals surface area contributed by atoms with Crippen LogP contribution in [0.25, 0.3) is 0 Å². The molecule has 2 aromatic carbocycles. The summed E-state index contributed by atoms with van der Waals surface area (Å²) in [7, 11) is -1.21. The molecule has 9 nitrogen and oxygen atoms in total. The summed E-state index contributed by atoms with van der Waals surface area (Å²) in [4.78, 5) is 23.6. The fraction of sp³-hybridized carbons (Fsp3) is 0.222. The first kappa shape index (κ1) is 22.9. The molecule has 0 fully saturated rings. The van der Waals surface area contributed by atoms with Crippen molar-refractivity contribution in [3.8, 4) is 11.5 Å². The summed E-state index contributed by atoms with van der Waals surface area (Å²) in [5, 5.41) is 0. The maximum atomic E-state index is 12.9. The summed E-state index contributed by atoms with van der Waals surface area (Å²) in [6.45, 7) is -3.24. The Bertz CT molecular complexity index is 1060. The van der Waals surface area contributed by atoms with Crippen molar-refractivity contribution < 1.29 is 45.7 Å². The van der Waals surface area contributed by atoms with Crippen LogP contribution >= 0.6 is 0 Å². The van der Waals surface area contributed by atoms with Crippen LogP contribution in [0.1, 0.15) is 20.7 Å². The van der Waals surface area contributed by atoms with Crippen molar-refractivity contribution in [2.24, 2.45) is 0 Å². The zero-order valence-electron chi connectivity index (χ0n) is 16.0. The van der Waals surface area contributed by atoms with Crippen LogP contribution in [0.3, 0.4) is 0 Å². The topological polar surface area (TPSA) is 117 Å². The summed E-state index contributed by atoms with van der Waals surface area (Å²) in [6, 6.07) is 6.96. The highest BCUT2D eigenvalue weighted by Gasteiger charge is 2.27. The molecule has 2 rings (SSSR count). The number of ether oxygens (including phenoxy) is 4. The molecule has 0 saturated carbocycles. The molecule has 0 aliphatic heterocycles. The molecule has 1 N–H and O–H groups in total. The van der Waals surface area contributed by atoms with Gasteiger partial charge in [-0.1, -0.05) is 12.1 Å². The van der Waals surface area contributed by atoms with E-state index >= 15 is 0 Å². The number of alkyl halides is 2. The maximum Gasteiger partial charge on any atom is 0.387 e. The van der Waals surface area contributed by atoms with Gasteiger partial charge in [-0.15, -0.1) is 0 Å². The van der Waals surface area contributed by atoms with Crippen LogP contribution in [0.5, 0.6) is 11.5 Å². The normalized spacial score (nSPS) is 11.0. The summed E-state index contributed by atoms with van der Waals surface area (Å²) in [5.74, 6) is -2.68. The Morgan fingerprint density at radius 3 is 2.10 bits per heavy atom. The number of rotatable bonds is 8. The highest BCUT2D eigenvalue weighted by molar-refractivity contribution is 7.92. The lowest BCUT2D eigenvalue weighted by molar-refractivity contribution is -0.0511. The molecule has 0 aromatic heterocycles. The average molecular weight is 445 g/mol. The van der Waals surface area contributed by atoms with Crippen LogP contribution < -0.4 is 14.2 Å². The summed E-state index contributed by atoms with van der Waals surface area (Å²) in [6.07, 6.45) is 0. The van der Waals surface area contributed by atoms with Crippen LogP contribution in [0.4, 0.5) is 14.5 Å². The Kier molecular flexibility index (Phi) is 7.16. The van der Waals surface area contributed by atoms with Gasteiger partial charge in [0.25, 0.3) is 10.0 Å². The largest absolute Gasteiger partial charge is 0.493 e. The second-order valence-electron chi connectivity index (χ2n) is 5.51. The predicted octanol–water partition coefficient (Wildman–Crippen LogP) is 2.67. The number of nitrogens with one attached hydrogen (secondary N) is 1. The molecule has 0 spiro atoms. The van der Waals surface area contributed by atoms with Gasteiger partial charge in [0.2, 0.25) is 0 Å². The molecule has 2 aromatic rings. The van der Waals surface area contributed by atoms with E-state index in [0.29, 0.717) is 0 Å². The standard InChI is InChI=1S/C18H17F2NO8S/c1-26-13-8-11(17(23)28-3)12(9-14(13)29-18(19)20)21-30(24,25)15-7-5-4-6-10(15)16(22)27-2/h4-9,18,21H,1-3H3. The van der Waals surface area contributed by atoms with Crippen molar-refractivity contribution in [3.63, 3.8) is 0 Å². The number of carbonyl (C=O) groups excluding carboxylic acids is 2. The fourth-order valence-electron chi connectivity index (χ4n) is 2.45. The third-order valence-electron chi connectivity index (χ3n) is 3.75. The lowest BCUT2D eigenvalue weighted by Gasteiger charge is -2.17. The number of hydrogen-bond donors (Lipinski definition) is 1. The minimum atomic E-state index is -4.47. The molecule has 0 atom stereocenters. The Labute approximate surface area is 170 Å². The predicted molar refractivity (Wildman–Crippen MR) is 99.6 cm³/mol. The van der Waals surface area contributed by atoms with Gasteiger partial charge < -0.3 is 18.9 Å². The Balaban J connectivity index is 2.63. The smallest absolute Gasteiger partial charge is 0.387 e. The van der Waals surface area contributed by atoms with Gasteiger partial charge in [0, 0.05) is 12.1 Å². The zero-order valence-corrected chi connectivity index (χ0v) is 16.8. The molecule has 0 aliphatic rings. The Morgan fingerprint density at radius 2 is 1.53 bits per heavy atom. The molecule has 0 bridgehead atoms. The summed E-state index contributed by atoms with van der Waals surface area (Å²) < 4.78 is 71.7. The van der Waals surface area contributed by atoms with E-state index in [1.807, 2.05) is 0 Å². The first-order chi connectivity index (χ1) is 14.1. The van der Waals surface area contributed by atoms with E-state index in [1.165, 1.54) is 18.2 Å². The van der Waals surface area contributed by atoms with Gasteiger partial charge in [-0.05, 0) is 12.1 Å². The van der Waals surface area contributed by atoms with Crippen molar-refractivity contribution in [3.05, 3.63) is 47.5 Å². The van der Waals surface area contributed by atoms with E-state index in [1.54, 1.807) is 0 Å². The molecule has 12 heteroatoms.